The van der Waals surface area contributed by atoms with Gasteiger partial charge in [-0.3, -0.25) is 4.79 Å². The van der Waals surface area contributed by atoms with Crippen LogP contribution in [-0.4, -0.2) is 20.7 Å². The molecule has 0 unspecified atom stereocenters. The maximum absolute atomic E-state index is 11.6. The van der Waals surface area contributed by atoms with Crippen molar-refractivity contribution in [2.45, 2.75) is 19.4 Å². The van der Waals surface area contributed by atoms with E-state index in [4.69, 9.17) is 0 Å². The van der Waals surface area contributed by atoms with Crippen molar-refractivity contribution in [1.82, 2.24) is 20.1 Å². The maximum Gasteiger partial charge on any atom is 0.223 e. The molecule has 1 amide bonds. The van der Waals surface area contributed by atoms with Crippen LogP contribution in [-0.2, 0) is 11.3 Å². The molecule has 2 aromatic rings. The van der Waals surface area contributed by atoms with E-state index in [9.17, 15) is 4.79 Å². The highest BCUT2D eigenvalue weighted by atomic mass is 16.2. The summed E-state index contributed by atoms with van der Waals surface area (Å²) in [7, 11) is 0. The van der Waals surface area contributed by atoms with Gasteiger partial charge in [-0.05, 0) is 25.0 Å². The molecule has 0 atom stereocenters. The van der Waals surface area contributed by atoms with Crippen molar-refractivity contribution in [3.63, 3.8) is 0 Å². The molecule has 1 fully saturated rings. The number of pyridine rings is 1. The van der Waals surface area contributed by atoms with Crippen LogP contribution >= 0.6 is 0 Å². The summed E-state index contributed by atoms with van der Waals surface area (Å²) >= 11 is 0. The third-order valence-electron chi connectivity index (χ3n) is 2.99. The van der Waals surface area contributed by atoms with Gasteiger partial charge in [0, 0.05) is 36.6 Å². The van der Waals surface area contributed by atoms with Gasteiger partial charge >= 0.3 is 0 Å². The highest BCUT2D eigenvalue weighted by molar-refractivity contribution is 5.80. The third-order valence-corrected chi connectivity index (χ3v) is 2.99. The molecule has 1 aliphatic rings. The summed E-state index contributed by atoms with van der Waals surface area (Å²) in [5.41, 5.74) is 0.968. The SMILES string of the molecule is O=C(NCc1cccnc1-n1cccn1)C1CC1. The van der Waals surface area contributed by atoms with Gasteiger partial charge in [-0.2, -0.15) is 5.10 Å². The Hall–Kier alpha value is -2.17. The van der Waals surface area contributed by atoms with Crippen LogP contribution in [0.2, 0.25) is 0 Å². The molecule has 0 radical (unpaired) electrons. The van der Waals surface area contributed by atoms with Gasteiger partial charge in [-0.25, -0.2) is 9.67 Å². The lowest BCUT2D eigenvalue weighted by Crippen LogP contribution is -2.25. The minimum atomic E-state index is 0.144. The first-order valence-electron chi connectivity index (χ1n) is 6.06. The molecule has 18 heavy (non-hydrogen) atoms. The lowest BCUT2D eigenvalue weighted by atomic mass is 10.2. The average molecular weight is 242 g/mol. The second-order valence-corrected chi connectivity index (χ2v) is 4.43. The van der Waals surface area contributed by atoms with Crippen molar-refractivity contribution in [3.8, 4) is 5.82 Å². The summed E-state index contributed by atoms with van der Waals surface area (Å²) in [4.78, 5) is 15.9. The van der Waals surface area contributed by atoms with Gasteiger partial charge in [0.05, 0.1) is 0 Å². The van der Waals surface area contributed by atoms with Crippen LogP contribution in [0.4, 0.5) is 0 Å². The number of nitrogens with one attached hydrogen (secondary N) is 1. The van der Waals surface area contributed by atoms with Crippen molar-refractivity contribution in [2.24, 2.45) is 5.92 Å². The molecule has 0 aromatic carbocycles. The van der Waals surface area contributed by atoms with Crippen LogP contribution in [0.25, 0.3) is 5.82 Å². The first-order chi connectivity index (χ1) is 8.84. The topological polar surface area (TPSA) is 59.8 Å². The van der Waals surface area contributed by atoms with Crippen LogP contribution in [0, 0.1) is 5.92 Å². The molecular formula is C13H14N4O. The van der Waals surface area contributed by atoms with Crippen LogP contribution in [0.15, 0.2) is 36.8 Å². The quantitative estimate of drug-likeness (QED) is 0.879. The summed E-state index contributed by atoms with van der Waals surface area (Å²) in [5, 5.41) is 7.11. The first-order valence-corrected chi connectivity index (χ1v) is 6.06. The fourth-order valence-corrected chi connectivity index (χ4v) is 1.84. The Kier molecular flexibility index (Phi) is 2.80. The number of carbonyl (C=O) groups excluding carboxylic acids is 1. The molecule has 1 aliphatic carbocycles. The molecule has 0 spiro atoms. The normalized spacial score (nSPS) is 14.4. The van der Waals surface area contributed by atoms with Crippen LogP contribution in [0.5, 0.6) is 0 Å². The predicted octanol–water partition coefficient (Wildman–Crippen LogP) is 1.29. The average Bonchev–Trinajstić information content (AvgIpc) is 3.12. The van der Waals surface area contributed by atoms with E-state index < -0.39 is 0 Å². The van der Waals surface area contributed by atoms with E-state index in [-0.39, 0.29) is 11.8 Å². The Morgan fingerprint density at radius 2 is 2.28 bits per heavy atom. The van der Waals surface area contributed by atoms with Crippen LogP contribution < -0.4 is 5.32 Å². The summed E-state index contributed by atoms with van der Waals surface area (Å²) in [6.07, 6.45) is 7.31. The molecule has 5 nitrogen and oxygen atoms in total. The third kappa shape index (κ3) is 2.25. The van der Waals surface area contributed by atoms with Gasteiger partial charge in [-0.1, -0.05) is 6.07 Å². The minimum Gasteiger partial charge on any atom is -0.352 e. The highest BCUT2D eigenvalue weighted by Gasteiger charge is 2.29. The summed E-state index contributed by atoms with van der Waals surface area (Å²) in [6, 6.07) is 5.67. The lowest BCUT2D eigenvalue weighted by molar-refractivity contribution is -0.122. The van der Waals surface area contributed by atoms with E-state index in [1.165, 1.54) is 0 Å². The molecule has 5 heteroatoms. The zero-order valence-corrected chi connectivity index (χ0v) is 9.91. The van der Waals surface area contributed by atoms with Gasteiger partial charge < -0.3 is 5.32 Å². The minimum absolute atomic E-state index is 0.144. The Balaban J connectivity index is 1.76. The van der Waals surface area contributed by atoms with E-state index in [2.05, 4.69) is 15.4 Å². The Bertz CT molecular complexity index is 546. The first kappa shape index (κ1) is 11.0. The van der Waals surface area contributed by atoms with E-state index in [1.54, 1.807) is 17.1 Å². The molecule has 0 bridgehead atoms. The Morgan fingerprint density at radius 1 is 1.39 bits per heavy atom. The molecule has 2 aromatic heterocycles. The van der Waals surface area contributed by atoms with Gasteiger partial charge in [0.2, 0.25) is 5.91 Å². The van der Waals surface area contributed by atoms with Gasteiger partial charge in [-0.15, -0.1) is 0 Å². The molecule has 1 N–H and O–H groups in total. The number of nitrogens with zero attached hydrogens (tertiary/aromatic N) is 3. The largest absolute Gasteiger partial charge is 0.352 e. The number of carbonyl (C=O) groups is 1. The molecule has 0 aliphatic heterocycles. The standard InChI is InChI=1S/C13H14N4O/c18-13(10-4-5-10)15-9-11-3-1-6-14-12(11)17-8-2-7-16-17/h1-3,6-8,10H,4-5,9H2,(H,15,18). The molecule has 92 valence electrons. The van der Waals surface area contributed by atoms with Crippen LogP contribution in [0.3, 0.4) is 0 Å². The Morgan fingerprint density at radius 3 is 3.00 bits per heavy atom. The fraction of sp³-hybridized carbons (Fsp3) is 0.308. The maximum atomic E-state index is 11.6. The zero-order chi connectivity index (χ0) is 12.4. The smallest absolute Gasteiger partial charge is 0.223 e. The fourth-order valence-electron chi connectivity index (χ4n) is 1.84. The van der Waals surface area contributed by atoms with Crippen molar-refractivity contribution < 1.29 is 4.79 Å². The number of aromatic nitrogens is 3. The summed E-state index contributed by atoms with van der Waals surface area (Å²) in [5.74, 6) is 1.14. The number of rotatable bonds is 4. The molecule has 3 rings (SSSR count). The number of hydrogen-bond acceptors (Lipinski definition) is 3. The zero-order valence-electron chi connectivity index (χ0n) is 9.91. The van der Waals surface area contributed by atoms with E-state index in [0.29, 0.717) is 6.54 Å². The second-order valence-electron chi connectivity index (χ2n) is 4.43. The summed E-state index contributed by atoms with van der Waals surface area (Å²) < 4.78 is 1.71. The van der Waals surface area contributed by atoms with Gasteiger partial charge in [0.25, 0.3) is 0 Å². The van der Waals surface area contributed by atoms with Gasteiger partial charge in [0.1, 0.15) is 0 Å². The van der Waals surface area contributed by atoms with Crippen molar-refractivity contribution in [2.75, 3.05) is 0 Å². The van der Waals surface area contributed by atoms with E-state index in [0.717, 1.165) is 24.2 Å². The molecule has 0 saturated heterocycles. The van der Waals surface area contributed by atoms with E-state index in [1.807, 2.05) is 24.4 Å². The Labute approximate surface area is 105 Å². The summed E-state index contributed by atoms with van der Waals surface area (Å²) in [6.45, 7) is 0.498. The number of amides is 1. The molecule has 2 heterocycles. The second kappa shape index (κ2) is 4.60. The van der Waals surface area contributed by atoms with Crippen molar-refractivity contribution in [3.05, 3.63) is 42.4 Å². The molecule has 1 saturated carbocycles. The number of hydrogen-bond donors (Lipinski definition) is 1. The highest BCUT2D eigenvalue weighted by Crippen LogP contribution is 2.28. The van der Waals surface area contributed by atoms with Crippen LogP contribution in [0.1, 0.15) is 18.4 Å². The van der Waals surface area contributed by atoms with Gasteiger partial charge in [0.15, 0.2) is 5.82 Å². The molecular weight excluding hydrogens is 228 g/mol. The monoisotopic (exact) mass is 242 g/mol. The van der Waals surface area contributed by atoms with Crippen molar-refractivity contribution >= 4 is 5.91 Å². The lowest BCUT2D eigenvalue weighted by Gasteiger charge is -2.09. The van der Waals surface area contributed by atoms with Crippen molar-refractivity contribution in [1.29, 1.82) is 0 Å². The van der Waals surface area contributed by atoms with E-state index >= 15 is 0 Å². The predicted molar refractivity (Wildman–Crippen MR) is 65.9 cm³/mol.